The van der Waals surface area contributed by atoms with Crippen LogP contribution in [0.5, 0.6) is 0 Å². The van der Waals surface area contributed by atoms with Crippen LogP contribution in [0, 0.1) is 0 Å². The highest BCUT2D eigenvalue weighted by Gasteiger charge is 2.25. The highest BCUT2D eigenvalue weighted by atomic mass is 79.9. The molecule has 0 aliphatic heterocycles. The minimum atomic E-state index is -1.42. The molecule has 0 aromatic heterocycles. The zero-order chi connectivity index (χ0) is 11.0. The lowest BCUT2D eigenvalue weighted by atomic mass is 10.2. The molecule has 0 nitrogen and oxygen atoms in total. The van der Waals surface area contributed by atoms with Crippen LogP contribution in [0.4, 0.5) is 0 Å². The molecule has 0 N–H and O–H groups in total. The van der Waals surface area contributed by atoms with Gasteiger partial charge in [-0.25, -0.2) is 0 Å². The summed E-state index contributed by atoms with van der Waals surface area (Å²) in [7, 11) is 0. The molecule has 0 saturated carbocycles. The van der Waals surface area contributed by atoms with Crippen molar-refractivity contribution in [2.45, 2.75) is 7.04 Å². The van der Waals surface area contributed by atoms with Gasteiger partial charge < -0.3 is 0 Å². The molecular weight excluding hydrogens is 353 g/mol. The maximum absolute atomic E-state index is 5.81. The molecule has 6 heteroatoms. The summed E-state index contributed by atoms with van der Waals surface area (Å²) in [5, 5.41) is 0. The lowest BCUT2D eigenvalue weighted by Crippen LogP contribution is -2.03. The predicted molar refractivity (Wildman–Crippen MR) is 68.0 cm³/mol. The van der Waals surface area contributed by atoms with E-state index in [-0.39, 0.29) is 0 Å². The molecule has 0 spiro atoms. The second-order valence-corrected chi connectivity index (χ2v) is 8.28. The quantitative estimate of drug-likeness (QED) is 0.583. The van der Waals surface area contributed by atoms with Gasteiger partial charge in [-0.05, 0) is 21.5 Å². The van der Waals surface area contributed by atoms with Gasteiger partial charge in [-0.2, -0.15) is 0 Å². The SMILES string of the molecule is ClC(Cl)(Cl)c1ccc(C(Cl)(Cl)Br)cc1. The summed E-state index contributed by atoms with van der Waals surface area (Å²) >= 11 is 31.7. The molecule has 1 aromatic carbocycles. The van der Waals surface area contributed by atoms with Gasteiger partial charge in [0.05, 0.1) is 0 Å². The third-order valence-corrected chi connectivity index (χ3v) is 3.09. The van der Waals surface area contributed by atoms with Crippen LogP contribution >= 0.6 is 73.9 Å². The molecule has 0 bridgehead atoms. The molecule has 78 valence electrons. The Balaban J connectivity index is 3.02. The minimum Gasteiger partial charge on any atom is -0.0834 e. The fraction of sp³-hybridized carbons (Fsp3) is 0.250. The standard InChI is InChI=1S/C8H4BrCl5/c9-7(10,11)5-1-3-6(4-2-5)8(12,13)14/h1-4H. The van der Waals surface area contributed by atoms with Crippen molar-refractivity contribution in [2.75, 3.05) is 0 Å². The molecule has 0 heterocycles. The zero-order valence-corrected chi connectivity index (χ0v) is 11.9. The zero-order valence-electron chi connectivity index (χ0n) is 6.58. The second-order valence-electron chi connectivity index (χ2n) is 2.57. The average molecular weight is 357 g/mol. The minimum absolute atomic E-state index is 0.566. The van der Waals surface area contributed by atoms with Crippen LogP contribution < -0.4 is 0 Å². The van der Waals surface area contributed by atoms with Crippen molar-refractivity contribution in [2.24, 2.45) is 0 Å². The first-order valence-corrected chi connectivity index (χ1v) is 6.14. The Labute approximate surface area is 116 Å². The number of hydrogen-bond donors (Lipinski definition) is 0. The first kappa shape index (κ1) is 13.2. The van der Waals surface area contributed by atoms with Crippen LogP contribution in [0.1, 0.15) is 11.1 Å². The molecule has 0 aliphatic rings. The second kappa shape index (κ2) is 4.57. The topological polar surface area (TPSA) is 0 Å². The van der Waals surface area contributed by atoms with Crippen molar-refractivity contribution in [3.63, 3.8) is 0 Å². The average Bonchev–Trinajstić information content (AvgIpc) is 2.01. The molecule has 0 radical (unpaired) electrons. The Bertz CT molecular complexity index is 275. The number of halogens is 6. The Hall–Kier alpha value is 1.15. The fourth-order valence-electron chi connectivity index (χ4n) is 0.848. The van der Waals surface area contributed by atoms with E-state index in [9.17, 15) is 0 Å². The third-order valence-electron chi connectivity index (χ3n) is 1.54. The van der Waals surface area contributed by atoms with Gasteiger partial charge in [0.2, 0.25) is 3.79 Å². The first-order valence-electron chi connectivity index (χ1n) is 3.46. The van der Waals surface area contributed by atoms with Crippen molar-refractivity contribution in [1.82, 2.24) is 0 Å². The van der Waals surface area contributed by atoms with Gasteiger partial charge in [-0.15, -0.1) is 0 Å². The summed E-state index contributed by atoms with van der Waals surface area (Å²) in [5.74, 6) is 0. The van der Waals surface area contributed by atoms with E-state index in [0.717, 1.165) is 0 Å². The van der Waals surface area contributed by atoms with Crippen molar-refractivity contribution >= 4 is 73.9 Å². The van der Waals surface area contributed by atoms with E-state index in [1.165, 1.54) is 0 Å². The van der Waals surface area contributed by atoms with Gasteiger partial charge in [-0.1, -0.05) is 82.3 Å². The van der Waals surface area contributed by atoms with E-state index < -0.39 is 7.04 Å². The first-order chi connectivity index (χ1) is 6.21. The summed E-state index contributed by atoms with van der Waals surface area (Å²) in [6, 6.07) is 6.68. The third kappa shape index (κ3) is 3.62. The molecule has 0 atom stereocenters. The van der Waals surface area contributed by atoms with Crippen molar-refractivity contribution in [1.29, 1.82) is 0 Å². The molecule has 0 aliphatic carbocycles. The highest BCUT2D eigenvalue weighted by Crippen LogP contribution is 2.42. The van der Waals surface area contributed by atoms with E-state index in [1.54, 1.807) is 24.3 Å². The normalized spacial score (nSPS) is 13.0. The van der Waals surface area contributed by atoms with E-state index in [0.29, 0.717) is 11.1 Å². The van der Waals surface area contributed by atoms with Crippen LogP contribution in [0.25, 0.3) is 0 Å². The van der Waals surface area contributed by atoms with E-state index in [4.69, 9.17) is 58.0 Å². The van der Waals surface area contributed by atoms with Crippen molar-refractivity contribution in [3.05, 3.63) is 35.4 Å². The molecule has 14 heavy (non-hydrogen) atoms. The summed E-state index contributed by atoms with van der Waals surface area (Å²) < 4.78 is -2.54. The number of alkyl halides is 6. The molecular formula is C8H4BrCl5. The van der Waals surface area contributed by atoms with Crippen LogP contribution in [0.3, 0.4) is 0 Å². The number of rotatable bonds is 1. The maximum Gasteiger partial charge on any atom is 0.216 e. The van der Waals surface area contributed by atoms with Gasteiger partial charge in [0, 0.05) is 5.56 Å². The van der Waals surface area contributed by atoms with E-state index in [2.05, 4.69) is 15.9 Å². The molecule has 0 amide bonds. The van der Waals surface area contributed by atoms with Gasteiger partial charge in [0.25, 0.3) is 0 Å². The largest absolute Gasteiger partial charge is 0.216 e. The smallest absolute Gasteiger partial charge is 0.0834 e. The van der Waals surface area contributed by atoms with Crippen molar-refractivity contribution < 1.29 is 0 Å². The van der Waals surface area contributed by atoms with Gasteiger partial charge in [-0.3, -0.25) is 0 Å². The number of hydrogen-bond acceptors (Lipinski definition) is 0. The van der Waals surface area contributed by atoms with Gasteiger partial charge >= 0.3 is 0 Å². The molecule has 1 rings (SSSR count). The van der Waals surface area contributed by atoms with Gasteiger partial charge in [0.15, 0.2) is 3.24 Å². The Kier molecular flexibility index (Phi) is 4.31. The summed E-state index contributed by atoms with van der Waals surface area (Å²) in [4.78, 5) is 0. The lowest BCUT2D eigenvalue weighted by molar-refractivity contribution is 1.20. The predicted octanol–water partition coefficient (Wildman–Crippen LogP) is 5.50. The highest BCUT2D eigenvalue weighted by molar-refractivity contribution is 9.10. The molecule has 0 fully saturated rings. The van der Waals surface area contributed by atoms with Crippen LogP contribution in [0.15, 0.2) is 24.3 Å². The Morgan fingerprint density at radius 2 is 1.14 bits per heavy atom. The van der Waals surface area contributed by atoms with E-state index in [1.807, 2.05) is 0 Å². The molecule has 0 unspecified atom stereocenters. The van der Waals surface area contributed by atoms with E-state index >= 15 is 0 Å². The van der Waals surface area contributed by atoms with Crippen LogP contribution in [-0.4, -0.2) is 0 Å². The Morgan fingerprint density at radius 3 is 1.43 bits per heavy atom. The molecule has 0 saturated heterocycles. The summed E-state index contributed by atoms with van der Waals surface area (Å²) in [6.07, 6.45) is 0. The summed E-state index contributed by atoms with van der Waals surface area (Å²) in [5.41, 5.74) is 1.25. The van der Waals surface area contributed by atoms with Crippen LogP contribution in [0.2, 0.25) is 0 Å². The van der Waals surface area contributed by atoms with Gasteiger partial charge in [0.1, 0.15) is 0 Å². The summed E-state index contributed by atoms with van der Waals surface area (Å²) in [6.45, 7) is 0. The molecule has 1 aromatic rings. The fourth-order valence-corrected chi connectivity index (χ4v) is 1.74. The lowest BCUT2D eigenvalue weighted by Gasteiger charge is -2.15. The van der Waals surface area contributed by atoms with Crippen molar-refractivity contribution in [3.8, 4) is 0 Å². The number of benzene rings is 1. The Morgan fingerprint density at radius 1 is 0.786 bits per heavy atom. The monoisotopic (exact) mass is 354 g/mol. The maximum atomic E-state index is 5.81. The van der Waals surface area contributed by atoms with Crippen LogP contribution in [-0.2, 0) is 7.04 Å².